The zero-order valence-electron chi connectivity index (χ0n) is 12.8. The number of anilines is 2. The zero-order valence-corrected chi connectivity index (χ0v) is 13.6. The molecule has 1 aliphatic rings. The molecule has 0 amide bonds. The van der Waals surface area contributed by atoms with E-state index in [1.54, 1.807) is 0 Å². The van der Waals surface area contributed by atoms with Crippen molar-refractivity contribution in [3.8, 4) is 0 Å². The topological polar surface area (TPSA) is 62.5 Å². The van der Waals surface area contributed by atoms with Crippen LogP contribution in [0.5, 0.6) is 0 Å². The van der Waals surface area contributed by atoms with Crippen molar-refractivity contribution in [3.05, 3.63) is 52.4 Å². The van der Waals surface area contributed by atoms with Crippen molar-refractivity contribution in [2.24, 2.45) is 0 Å². The summed E-state index contributed by atoms with van der Waals surface area (Å²) in [4.78, 5) is 18.9. The van der Waals surface area contributed by atoms with E-state index in [4.69, 9.17) is 0 Å². The second kappa shape index (κ2) is 5.66. The maximum absolute atomic E-state index is 11.7. The summed E-state index contributed by atoms with van der Waals surface area (Å²) < 4.78 is 1.34. The highest BCUT2D eigenvalue weighted by Gasteiger charge is 2.22. The molecule has 0 radical (unpaired) electrons. The summed E-state index contributed by atoms with van der Waals surface area (Å²) in [5.41, 5.74) is 2.58. The molecule has 2 aromatic heterocycles. The van der Waals surface area contributed by atoms with Crippen LogP contribution >= 0.6 is 11.3 Å². The molecule has 0 aliphatic carbocycles. The molecule has 3 heterocycles. The van der Waals surface area contributed by atoms with Crippen molar-refractivity contribution in [2.45, 2.75) is 19.4 Å². The summed E-state index contributed by atoms with van der Waals surface area (Å²) in [5.74, 6) is 0. The first-order chi connectivity index (χ1) is 11.2. The molecule has 1 aromatic carbocycles. The number of hydrogen-bond donors (Lipinski definition) is 1. The molecule has 1 N–H and O–H groups in total. The van der Waals surface area contributed by atoms with Crippen molar-refractivity contribution < 1.29 is 0 Å². The Balaban J connectivity index is 1.48. The molecule has 0 saturated carbocycles. The minimum absolute atomic E-state index is 0.152. The van der Waals surface area contributed by atoms with Crippen LogP contribution in [0, 0.1) is 0 Å². The molecular formula is C16H17N5OS. The molecule has 3 aromatic rings. The van der Waals surface area contributed by atoms with Gasteiger partial charge in [-0.3, -0.25) is 4.79 Å². The second-order valence-electron chi connectivity index (χ2n) is 5.69. The summed E-state index contributed by atoms with van der Waals surface area (Å²) >= 11 is 1.39. The van der Waals surface area contributed by atoms with Gasteiger partial charge in [-0.15, -0.1) is 5.10 Å². The van der Waals surface area contributed by atoms with E-state index in [1.807, 2.05) is 0 Å². The predicted molar refractivity (Wildman–Crippen MR) is 92.6 cm³/mol. The van der Waals surface area contributed by atoms with E-state index >= 15 is 0 Å². The number of nitrogens with one attached hydrogen (secondary N) is 1. The van der Waals surface area contributed by atoms with E-state index < -0.39 is 0 Å². The van der Waals surface area contributed by atoms with Crippen LogP contribution in [0.2, 0.25) is 0 Å². The summed E-state index contributed by atoms with van der Waals surface area (Å²) in [6, 6.07) is 10.3. The average Bonchev–Trinajstić information content (AvgIpc) is 3.17. The quantitative estimate of drug-likeness (QED) is 0.794. The Morgan fingerprint density at radius 1 is 1.35 bits per heavy atom. The highest BCUT2D eigenvalue weighted by molar-refractivity contribution is 7.20. The molecule has 118 valence electrons. The van der Waals surface area contributed by atoms with Crippen molar-refractivity contribution in [1.82, 2.24) is 14.6 Å². The Bertz CT molecular complexity index is 903. The average molecular weight is 327 g/mol. The molecule has 6 nitrogen and oxygen atoms in total. The maximum Gasteiger partial charge on any atom is 0.275 e. The van der Waals surface area contributed by atoms with E-state index in [-0.39, 0.29) is 5.56 Å². The minimum Gasteiger partial charge on any atom is -0.366 e. The number of aromatic nitrogens is 3. The smallest absolute Gasteiger partial charge is 0.275 e. The Hall–Kier alpha value is -2.41. The van der Waals surface area contributed by atoms with Crippen molar-refractivity contribution in [3.63, 3.8) is 0 Å². The van der Waals surface area contributed by atoms with Gasteiger partial charge in [0, 0.05) is 37.1 Å². The van der Waals surface area contributed by atoms with Crippen LogP contribution in [-0.2, 0) is 6.42 Å². The normalized spacial score (nSPS) is 14.9. The number of benzene rings is 1. The molecule has 1 atom stereocenters. The van der Waals surface area contributed by atoms with Crippen LogP contribution in [0.15, 0.2) is 41.3 Å². The van der Waals surface area contributed by atoms with Gasteiger partial charge in [-0.25, -0.2) is 4.98 Å². The first-order valence-electron chi connectivity index (χ1n) is 7.66. The van der Waals surface area contributed by atoms with Crippen molar-refractivity contribution >= 4 is 27.1 Å². The molecule has 23 heavy (non-hydrogen) atoms. The van der Waals surface area contributed by atoms with Gasteiger partial charge in [-0.05, 0) is 25.0 Å². The van der Waals surface area contributed by atoms with Crippen LogP contribution in [0.3, 0.4) is 0 Å². The molecule has 4 rings (SSSR count). The summed E-state index contributed by atoms with van der Waals surface area (Å²) in [6.07, 6.45) is 2.62. The number of rotatable bonds is 4. The van der Waals surface area contributed by atoms with Gasteiger partial charge in [0.2, 0.25) is 10.1 Å². The molecular weight excluding hydrogens is 310 g/mol. The van der Waals surface area contributed by atoms with Crippen LogP contribution in [0.1, 0.15) is 12.5 Å². The second-order valence-corrected chi connectivity index (χ2v) is 6.64. The SMILES string of the molecule is C[C@@H](CNc1nn2c(=O)ccnc2s1)N1CCc2ccccc21. The van der Waals surface area contributed by atoms with Gasteiger partial charge < -0.3 is 10.2 Å². The summed E-state index contributed by atoms with van der Waals surface area (Å²) in [7, 11) is 0. The van der Waals surface area contributed by atoms with Gasteiger partial charge in [0.1, 0.15) is 0 Å². The van der Waals surface area contributed by atoms with Crippen molar-refractivity contribution in [1.29, 1.82) is 0 Å². The van der Waals surface area contributed by atoms with Gasteiger partial charge in [0.05, 0.1) is 0 Å². The first kappa shape index (κ1) is 14.2. The Labute approximate surface area is 137 Å². The number of fused-ring (bicyclic) bond motifs is 2. The highest BCUT2D eigenvalue weighted by Crippen LogP contribution is 2.29. The zero-order chi connectivity index (χ0) is 15.8. The van der Waals surface area contributed by atoms with Gasteiger partial charge in [-0.2, -0.15) is 4.52 Å². The molecule has 0 spiro atoms. The fourth-order valence-corrected chi connectivity index (χ4v) is 3.76. The van der Waals surface area contributed by atoms with Gasteiger partial charge in [0.25, 0.3) is 5.56 Å². The maximum atomic E-state index is 11.7. The lowest BCUT2D eigenvalue weighted by atomic mass is 10.2. The largest absolute Gasteiger partial charge is 0.366 e. The van der Waals surface area contributed by atoms with Gasteiger partial charge in [-0.1, -0.05) is 29.5 Å². The minimum atomic E-state index is -0.152. The summed E-state index contributed by atoms with van der Waals surface area (Å²) in [5, 5.41) is 8.34. The molecule has 0 unspecified atom stereocenters. The molecule has 0 fully saturated rings. The third-order valence-electron chi connectivity index (χ3n) is 4.17. The van der Waals surface area contributed by atoms with E-state index in [1.165, 1.54) is 39.4 Å². The number of para-hydroxylation sites is 1. The van der Waals surface area contributed by atoms with E-state index in [9.17, 15) is 4.79 Å². The fourth-order valence-electron chi connectivity index (χ4n) is 2.98. The van der Waals surface area contributed by atoms with Crippen LogP contribution in [0.25, 0.3) is 4.96 Å². The monoisotopic (exact) mass is 327 g/mol. The van der Waals surface area contributed by atoms with Crippen LogP contribution in [-0.4, -0.2) is 33.7 Å². The van der Waals surface area contributed by atoms with Crippen molar-refractivity contribution in [2.75, 3.05) is 23.3 Å². The van der Waals surface area contributed by atoms with Crippen LogP contribution in [0.4, 0.5) is 10.8 Å². The first-order valence-corrected chi connectivity index (χ1v) is 8.47. The Morgan fingerprint density at radius 3 is 3.09 bits per heavy atom. The standard InChI is InChI=1S/C16H17N5OS/c1-11(20-9-7-12-4-2-3-5-13(12)20)10-18-15-19-21-14(22)6-8-17-16(21)23-15/h2-6,8,11H,7,9-10H2,1H3,(H,18,19)/t11-/m0/s1. The molecule has 7 heteroatoms. The Kier molecular flexibility index (Phi) is 3.49. The number of nitrogens with zero attached hydrogens (tertiary/aromatic N) is 4. The van der Waals surface area contributed by atoms with E-state index in [2.05, 4.69) is 51.5 Å². The molecule has 1 aliphatic heterocycles. The van der Waals surface area contributed by atoms with Crippen LogP contribution < -0.4 is 15.8 Å². The predicted octanol–water partition coefficient (Wildman–Crippen LogP) is 2.01. The number of hydrogen-bond acceptors (Lipinski definition) is 6. The fraction of sp³-hybridized carbons (Fsp3) is 0.312. The molecule has 0 bridgehead atoms. The lowest BCUT2D eigenvalue weighted by Gasteiger charge is -2.27. The Morgan fingerprint density at radius 2 is 2.22 bits per heavy atom. The molecule has 0 saturated heterocycles. The lowest BCUT2D eigenvalue weighted by molar-refractivity contribution is 0.678. The van der Waals surface area contributed by atoms with E-state index in [0.717, 1.165) is 24.6 Å². The van der Waals surface area contributed by atoms with Gasteiger partial charge in [0.15, 0.2) is 0 Å². The van der Waals surface area contributed by atoms with E-state index in [0.29, 0.717) is 11.0 Å². The summed E-state index contributed by atoms with van der Waals surface area (Å²) in [6.45, 7) is 4.01. The third kappa shape index (κ3) is 2.57. The lowest BCUT2D eigenvalue weighted by Crippen LogP contribution is -2.36. The van der Waals surface area contributed by atoms with Gasteiger partial charge >= 0.3 is 0 Å². The third-order valence-corrected chi connectivity index (χ3v) is 5.05. The highest BCUT2D eigenvalue weighted by atomic mass is 32.1.